The summed E-state index contributed by atoms with van der Waals surface area (Å²) in [5, 5.41) is 21.9. The Labute approximate surface area is 111 Å². The summed E-state index contributed by atoms with van der Waals surface area (Å²) in [6.07, 6.45) is 0.111. The highest BCUT2D eigenvalue weighted by Gasteiger charge is 2.18. The Morgan fingerprint density at radius 3 is 2.78 bits per heavy atom. The van der Waals surface area contributed by atoms with E-state index in [2.05, 4.69) is 14.1 Å². The Kier molecular flexibility index (Phi) is 5.94. The second kappa shape index (κ2) is 6.98. The van der Waals surface area contributed by atoms with Gasteiger partial charge in [-0.3, -0.25) is 0 Å². The number of hydrogen-bond donors (Lipinski definition) is 3. The van der Waals surface area contributed by atoms with E-state index in [1.807, 2.05) is 20.8 Å². The molecule has 0 aliphatic rings. The van der Waals surface area contributed by atoms with Crippen molar-refractivity contribution in [2.75, 3.05) is 19.8 Å². The van der Waals surface area contributed by atoms with Crippen LogP contribution < -0.4 is 10.1 Å². The van der Waals surface area contributed by atoms with Crippen molar-refractivity contribution in [2.24, 2.45) is 0 Å². The number of rotatable bonds is 8. The normalized spacial score (nSPS) is 13.6. The van der Waals surface area contributed by atoms with E-state index >= 15 is 0 Å². The molecule has 0 amide bonds. The van der Waals surface area contributed by atoms with Gasteiger partial charge in [-0.1, -0.05) is 6.92 Å². The molecule has 0 fully saturated rings. The maximum atomic E-state index is 9.76. The van der Waals surface area contributed by atoms with Gasteiger partial charge in [-0.05, 0) is 20.3 Å². The first kappa shape index (κ1) is 15.3. The molecule has 0 saturated heterocycles. The Bertz CT molecular complexity index is 357. The van der Waals surface area contributed by atoms with Crippen molar-refractivity contribution in [3.63, 3.8) is 0 Å². The lowest BCUT2D eigenvalue weighted by Crippen LogP contribution is -2.47. The highest BCUT2D eigenvalue weighted by Crippen LogP contribution is 2.15. The molecule has 0 saturated carbocycles. The lowest BCUT2D eigenvalue weighted by molar-refractivity contribution is 0.0887. The van der Waals surface area contributed by atoms with Crippen LogP contribution >= 0.6 is 11.7 Å². The average molecular weight is 275 g/mol. The van der Waals surface area contributed by atoms with Gasteiger partial charge in [-0.15, -0.1) is 4.37 Å². The van der Waals surface area contributed by atoms with E-state index in [1.54, 1.807) is 0 Å². The minimum Gasteiger partial charge on any atom is -0.473 e. The summed E-state index contributed by atoms with van der Waals surface area (Å²) in [5.74, 6) is 0.503. The smallest absolute Gasteiger partial charge is 0.249 e. The first-order valence-corrected chi connectivity index (χ1v) is 6.69. The molecule has 1 aromatic rings. The Hall–Kier alpha value is -0.760. The van der Waals surface area contributed by atoms with Gasteiger partial charge < -0.3 is 20.3 Å². The Balaban J connectivity index is 2.31. The van der Waals surface area contributed by atoms with Crippen LogP contribution in [0.3, 0.4) is 0 Å². The topological polar surface area (TPSA) is 87.5 Å². The van der Waals surface area contributed by atoms with Gasteiger partial charge in [-0.2, -0.15) is 4.37 Å². The molecule has 7 heteroatoms. The largest absolute Gasteiger partial charge is 0.473 e. The van der Waals surface area contributed by atoms with Crippen molar-refractivity contribution >= 4 is 11.7 Å². The molecular weight excluding hydrogens is 254 g/mol. The molecule has 3 N–H and O–H groups in total. The number of hydrogen-bond acceptors (Lipinski definition) is 7. The third-order valence-electron chi connectivity index (χ3n) is 2.48. The molecular formula is C11H21N3O3S. The fraction of sp³-hybridized carbons (Fsp3) is 0.818. The number of ether oxygens (including phenoxy) is 1. The van der Waals surface area contributed by atoms with Crippen LogP contribution in [0, 0.1) is 0 Å². The van der Waals surface area contributed by atoms with Crippen LogP contribution in [0.15, 0.2) is 0 Å². The number of nitrogens with one attached hydrogen (secondary N) is 1. The Morgan fingerprint density at radius 1 is 1.44 bits per heavy atom. The highest BCUT2D eigenvalue weighted by molar-refractivity contribution is 6.99. The molecule has 0 aliphatic carbocycles. The molecule has 0 radical (unpaired) electrons. The van der Waals surface area contributed by atoms with Crippen LogP contribution in [0.4, 0.5) is 0 Å². The molecule has 0 aromatic carbocycles. The van der Waals surface area contributed by atoms with Crippen LogP contribution in [0.25, 0.3) is 0 Å². The zero-order valence-electron chi connectivity index (χ0n) is 11.0. The first-order chi connectivity index (χ1) is 8.48. The minimum absolute atomic E-state index is 0.0105. The zero-order valence-corrected chi connectivity index (χ0v) is 11.8. The predicted octanol–water partition coefficient (Wildman–Crippen LogP) is 0.201. The van der Waals surface area contributed by atoms with Crippen LogP contribution in [0.2, 0.25) is 0 Å². The molecule has 0 unspecified atom stereocenters. The summed E-state index contributed by atoms with van der Waals surface area (Å²) in [6.45, 7) is 6.22. The summed E-state index contributed by atoms with van der Waals surface area (Å²) in [7, 11) is 0. The molecule has 1 heterocycles. The van der Waals surface area contributed by atoms with Crippen LogP contribution in [-0.4, -0.2) is 50.4 Å². The molecule has 0 spiro atoms. The fourth-order valence-electron chi connectivity index (χ4n) is 1.21. The van der Waals surface area contributed by atoms with Crippen molar-refractivity contribution in [3.8, 4) is 5.88 Å². The van der Waals surface area contributed by atoms with Crippen LogP contribution in [-0.2, 0) is 6.42 Å². The van der Waals surface area contributed by atoms with Crippen LogP contribution in [0.5, 0.6) is 5.88 Å². The average Bonchev–Trinajstić information content (AvgIpc) is 2.81. The number of β-amino-alcohol motifs (C(OH)–C–C–N with tert-alkyl or cyclic N) is 1. The number of nitrogens with zero attached hydrogens (tertiary/aromatic N) is 2. The number of aromatic nitrogens is 2. The van der Waals surface area contributed by atoms with E-state index in [0.717, 1.165) is 23.8 Å². The maximum absolute atomic E-state index is 9.76. The van der Waals surface area contributed by atoms with Gasteiger partial charge >= 0.3 is 0 Å². The zero-order chi connectivity index (χ0) is 13.6. The fourth-order valence-corrected chi connectivity index (χ4v) is 1.79. The molecule has 1 rings (SSSR count). The number of aliphatic hydroxyl groups excluding tert-OH is 2. The summed E-state index contributed by atoms with van der Waals surface area (Å²) in [5.41, 5.74) is 0.411. The van der Waals surface area contributed by atoms with Gasteiger partial charge in [0.1, 0.15) is 18.4 Å². The van der Waals surface area contributed by atoms with E-state index in [9.17, 15) is 5.11 Å². The van der Waals surface area contributed by atoms with Crippen molar-refractivity contribution in [3.05, 3.63) is 5.69 Å². The molecule has 0 bridgehead atoms. The molecule has 104 valence electrons. The minimum atomic E-state index is -0.651. The molecule has 6 nitrogen and oxygen atoms in total. The lowest BCUT2D eigenvalue weighted by Gasteiger charge is -2.25. The maximum Gasteiger partial charge on any atom is 0.249 e. The second-order valence-electron chi connectivity index (χ2n) is 4.76. The van der Waals surface area contributed by atoms with Crippen molar-refractivity contribution < 1.29 is 14.9 Å². The van der Waals surface area contributed by atoms with E-state index < -0.39 is 11.6 Å². The van der Waals surface area contributed by atoms with E-state index in [-0.39, 0.29) is 13.2 Å². The number of aryl methyl sites for hydroxylation is 1. The second-order valence-corrected chi connectivity index (χ2v) is 5.29. The molecule has 18 heavy (non-hydrogen) atoms. The van der Waals surface area contributed by atoms with Gasteiger partial charge in [0.15, 0.2) is 0 Å². The summed E-state index contributed by atoms with van der Waals surface area (Å²) in [6, 6.07) is 0. The third-order valence-corrected chi connectivity index (χ3v) is 3.03. The van der Waals surface area contributed by atoms with E-state index in [1.165, 1.54) is 0 Å². The Morgan fingerprint density at radius 2 is 2.17 bits per heavy atom. The first-order valence-electron chi connectivity index (χ1n) is 5.96. The summed E-state index contributed by atoms with van der Waals surface area (Å²) >= 11 is 1.11. The highest BCUT2D eigenvalue weighted by atomic mass is 32.1. The van der Waals surface area contributed by atoms with Crippen molar-refractivity contribution in [1.82, 2.24) is 14.1 Å². The molecule has 1 atom stereocenters. The summed E-state index contributed by atoms with van der Waals surface area (Å²) in [4.78, 5) is 0. The van der Waals surface area contributed by atoms with Crippen molar-refractivity contribution in [1.29, 1.82) is 0 Å². The van der Waals surface area contributed by atoms with E-state index in [0.29, 0.717) is 12.4 Å². The number of aliphatic hydroxyl groups is 2. The summed E-state index contributed by atoms with van der Waals surface area (Å²) < 4.78 is 13.5. The quantitative estimate of drug-likeness (QED) is 0.628. The molecule has 0 aliphatic heterocycles. The SMILES string of the molecule is CCc1nsnc1OC[C@@H](O)CNC(C)(C)CO. The predicted molar refractivity (Wildman–Crippen MR) is 70.0 cm³/mol. The van der Waals surface area contributed by atoms with Gasteiger partial charge in [0.25, 0.3) is 0 Å². The third kappa shape index (κ3) is 4.85. The van der Waals surface area contributed by atoms with Gasteiger partial charge in [0.05, 0.1) is 18.3 Å². The lowest BCUT2D eigenvalue weighted by atomic mass is 10.1. The van der Waals surface area contributed by atoms with Crippen LogP contribution in [0.1, 0.15) is 26.5 Å². The molecule has 1 aromatic heterocycles. The van der Waals surface area contributed by atoms with Gasteiger partial charge in [-0.25, -0.2) is 0 Å². The van der Waals surface area contributed by atoms with Gasteiger partial charge in [0.2, 0.25) is 5.88 Å². The van der Waals surface area contributed by atoms with Crippen molar-refractivity contribution in [2.45, 2.75) is 38.8 Å². The van der Waals surface area contributed by atoms with E-state index in [4.69, 9.17) is 9.84 Å². The van der Waals surface area contributed by atoms with Gasteiger partial charge in [0, 0.05) is 12.1 Å². The standard InChI is InChI=1S/C11H21N3O3S/c1-4-9-10(14-18-13-9)17-6-8(16)5-12-11(2,3)7-15/h8,12,15-16H,4-7H2,1-3H3/t8-/m0/s1. The monoisotopic (exact) mass is 275 g/mol.